The fourth-order valence-corrected chi connectivity index (χ4v) is 3.50. The summed E-state index contributed by atoms with van der Waals surface area (Å²) in [6.07, 6.45) is 0.463. The van der Waals surface area contributed by atoms with Crippen LogP contribution in [0.5, 0.6) is 0 Å². The van der Waals surface area contributed by atoms with Crippen molar-refractivity contribution < 1.29 is 23.9 Å². The summed E-state index contributed by atoms with van der Waals surface area (Å²) in [6, 6.07) is 8.81. The largest absolute Gasteiger partial charge is 0.466 e. The number of rotatable bonds is 5. The van der Waals surface area contributed by atoms with E-state index in [0.717, 1.165) is 5.56 Å². The van der Waals surface area contributed by atoms with Crippen molar-refractivity contribution in [3.05, 3.63) is 47.3 Å². The van der Waals surface area contributed by atoms with Gasteiger partial charge in [-0.3, -0.25) is 14.4 Å². The molecule has 0 radical (unpaired) electrons. The highest BCUT2D eigenvalue weighted by Gasteiger charge is 2.40. The first-order chi connectivity index (χ1) is 14.3. The fourth-order valence-electron chi connectivity index (χ4n) is 3.50. The van der Waals surface area contributed by atoms with Gasteiger partial charge in [-0.15, -0.1) is 5.10 Å². The SMILES string of the molecule is CC(=O)OC[C@H]1C[C@H](OC(C)=O)[C@@H](n2nnc(C(N)=O)c2C#Cc2ccccc2)C1. The van der Waals surface area contributed by atoms with Gasteiger partial charge in [0.05, 0.1) is 12.6 Å². The van der Waals surface area contributed by atoms with E-state index in [1.807, 2.05) is 30.3 Å². The number of nitrogens with zero attached hydrogens (tertiary/aromatic N) is 3. The number of benzene rings is 1. The molecule has 9 heteroatoms. The number of carbonyl (C=O) groups is 3. The number of aromatic nitrogens is 3. The van der Waals surface area contributed by atoms with Crippen molar-refractivity contribution in [2.45, 2.75) is 38.8 Å². The van der Waals surface area contributed by atoms with Crippen molar-refractivity contribution in [3.8, 4) is 11.8 Å². The fraction of sp³-hybridized carbons (Fsp3) is 0.381. The van der Waals surface area contributed by atoms with Crippen LogP contribution in [0.3, 0.4) is 0 Å². The molecule has 156 valence electrons. The summed E-state index contributed by atoms with van der Waals surface area (Å²) in [4.78, 5) is 34.6. The van der Waals surface area contributed by atoms with E-state index in [1.165, 1.54) is 18.5 Å². The molecule has 3 rings (SSSR count). The van der Waals surface area contributed by atoms with Crippen LogP contribution in [0, 0.1) is 17.8 Å². The topological polar surface area (TPSA) is 126 Å². The predicted molar refractivity (Wildman–Crippen MR) is 105 cm³/mol. The summed E-state index contributed by atoms with van der Waals surface area (Å²) in [5, 5.41) is 7.98. The van der Waals surface area contributed by atoms with Gasteiger partial charge in [0, 0.05) is 19.4 Å². The molecule has 1 aromatic heterocycles. The van der Waals surface area contributed by atoms with Gasteiger partial charge in [0.2, 0.25) is 0 Å². The predicted octanol–water partition coefficient (Wildman–Crippen LogP) is 1.22. The summed E-state index contributed by atoms with van der Waals surface area (Å²) in [5.74, 6) is 4.30. The van der Waals surface area contributed by atoms with Gasteiger partial charge in [-0.05, 0) is 36.8 Å². The third-order valence-electron chi connectivity index (χ3n) is 4.75. The molecule has 1 aliphatic rings. The number of carbonyl (C=O) groups excluding carboxylic acids is 3. The lowest BCUT2D eigenvalue weighted by Crippen LogP contribution is -2.26. The Hall–Kier alpha value is -3.67. The molecule has 1 saturated carbocycles. The zero-order chi connectivity index (χ0) is 21.7. The molecule has 1 amide bonds. The first kappa shape index (κ1) is 21.0. The molecule has 2 N–H and O–H groups in total. The molecule has 1 heterocycles. The van der Waals surface area contributed by atoms with Crippen LogP contribution in [0.25, 0.3) is 0 Å². The Morgan fingerprint density at radius 3 is 2.50 bits per heavy atom. The average molecular weight is 410 g/mol. The van der Waals surface area contributed by atoms with E-state index in [2.05, 4.69) is 22.2 Å². The quantitative estimate of drug-likeness (QED) is 0.580. The van der Waals surface area contributed by atoms with Crippen LogP contribution < -0.4 is 5.73 Å². The Labute approximate surface area is 173 Å². The molecule has 1 fully saturated rings. The number of amides is 1. The minimum atomic E-state index is -0.753. The zero-order valence-electron chi connectivity index (χ0n) is 16.7. The Morgan fingerprint density at radius 2 is 1.87 bits per heavy atom. The number of primary amides is 1. The smallest absolute Gasteiger partial charge is 0.302 e. The molecule has 1 aliphatic carbocycles. The molecule has 0 saturated heterocycles. The summed E-state index contributed by atoms with van der Waals surface area (Å²) in [6.45, 7) is 2.86. The Bertz CT molecular complexity index is 1010. The van der Waals surface area contributed by atoms with Crippen molar-refractivity contribution in [1.82, 2.24) is 15.0 Å². The zero-order valence-corrected chi connectivity index (χ0v) is 16.7. The lowest BCUT2D eigenvalue weighted by Gasteiger charge is -2.19. The molecule has 9 nitrogen and oxygen atoms in total. The first-order valence-electron chi connectivity index (χ1n) is 9.47. The van der Waals surface area contributed by atoms with Gasteiger partial charge in [-0.1, -0.05) is 29.3 Å². The molecule has 0 aliphatic heterocycles. The van der Waals surface area contributed by atoms with Gasteiger partial charge in [0.1, 0.15) is 11.8 Å². The van der Waals surface area contributed by atoms with Crippen molar-refractivity contribution in [1.29, 1.82) is 0 Å². The maximum Gasteiger partial charge on any atom is 0.302 e. The number of ether oxygens (including phenoxy) is 2. The second-order valence-electron chi connectivity index (χ2n) is 7.07. The normalized spacial score (nSPS) is 20.1. The Balaban J connectivity index is 1.95. The minimum absolute atomic E-state index is 0.0422. The highest BCUT2D eigenvalue weighted by Crippen LogP contribution is 2.37. The number of hydrogen-bond acceptors (Lipinski definition) is 7. The van der Waals surface area contributed by atoms with E-state index >= 15 is 0 Å². The average Bonchev–Trinajstić information content (AvgIpc) is 3.28. The number of hydrogen-bond donors (Lipinski definition) is 1. The maximum atomic E-state index is 11.9. The van der Waals surface area contributed by atoms with Crippen molar-refractivity contribution in [3.63, 3.8) is 0 Å². The molecule has 2 aromatic rings. The maximum absolute atomic E-state index is 11.9. The second-order valence-corrected chi connectivity index (χ2v) is 7.07. The monoisotopic (exact) mass is 410 g/mol. The molecule has 0 bridgehead atoms. The minimum Gasteiger partial charge on any atom is -0.466 e. The van der Waals surface area contributed by atoms with Crippen LogP contribution in [0.4, 0.5) is 0 Å². The Morgan fingerprint density at radius 1 is 1.13 bits per heavy atom. The highest BCUT2D eigenvalue weighted by molar-refractivity contribution is 5.92. The van der Waals surface area contributed by atoms with E-state index in [-0.39, 0.29) is 29.9 Å². The third-order valence-corrected chi connectivity index (χ3v) is 4.75. The van der Waals surface area contributed by atoms with Gasteiger partial charge < -0.3 is 15.2 Å². The van der Waals surface area contributed by atoms with Crippen LogP contribution in [-0.4, -0.2) is 45.6 Å². The molecule has 30 heavy (non-hydrogen) atoms. The van der Waals surface area contributed by atoms with Crippen LogP contribution in [0.15, 0.2) is 30.3 Å². The lowest BCUT2D eigenvalue weighted by molar-refractivity contribution is -0.148. The van der Waals surface area contributed by atoms with E-state index in [9.17, 15) is 14.4 Å². The molecule has 0 spiro atoms. The van der Waals surface area contributed by atoms with Crippen molar-refractivity contribution >= 4 is 17.8 Å². The first-order valence-corrected chi connectivity index (χ1v) is 9.47. The van der Waals surface area contributed by atoms with Gasteiger partial charge in [-0.2, -0.15) is 0 Å². The molecule has 3 atom stereocenters. The van der Waals surface area contributed by atoms with E-state index in [0.29, 0.717) is 12.8 Å². The summed E-state index contributed by atoms with van der Waals surface area (Å²) in [7, 11) is 0. The van der Waals surface area contributed by atoms with E-state index in [1.54, 1.807) is 0 Å². The Kier molecular flexibility index (Phi) is 6.47. The summed E-state index contributed by atoms with van der Waals surface area (Å²) >= 11 is 0. The van der Waals surface area contributed by atoms with Crippen LogP contribution in [0.2, 0.25) is 0 Å². The highest BCUT2D eigenvalue weighted by atomic mass is 16.5. The van der Waals surface area contributed by atoms with Crippen LogP contribution >= 0.6 is 0 Å². The lowest BCUT2D eigenvalue weighted by atomic mass is 10.1. The molecular formula is C21H22N4O5. The standard InChI is InChI=1S/C21H22N4O5/c1-13(26)29-12-16-10-18(19(11-16)30-14(2)27)25-17(20(21(22)28)23-24-25)9-8-15-6-4-3-5-7-15/h3-7,16,18-19H,10-12H2,1-2H3,(H2,22,28)/t16-,18+,19+/m1/s1. The van der Waals surface area contributed by atoms with Gasteiger partial charge in [-0.25, -0.2) is 4.68 Å². The van der Waals surface area contributed by atoms with Gasteiger partial charge in [0.15, 0.2) is 5.69 Å². The second kappa shape index (κ2) is 9.22. The van der Waals surface area contributed by atoms with Crippen LogP contribution in [0.1, 0.15) is 54.5 Å². The van der Waals surface area contributed by atoms with Crippen molar-refractivity contribution in [2.75, 3.05) is 6.61 Å². The molecular weight excluding hydrogens is 388 g/mol. The number of nitrogens with two attached hydrogens (primary N) is 1. The van der Waals surface area contributed by atoms with Crippen LogP contribution in [-0.2, 0) is 19.1 Å². The van der Waals surface area contributed by atoms with E-state index < -0.39 is 24.0 Å². The molecule has 0 unspecified atom stereocenters. The van der Waals surface area contributed by atoms with Gasteiger partial charge in [0.25, 0.3) is 5.91 Å². The number of esters is 2. The van der Waals surface area contributed by atoms with Crippen molar-refractivity contribution in [2.24, 2.45) is 11.7 Å². The summed E-state index contributed by atoms with van der Waals surface area (Å²) < 4.78 is 12.1. The molecule has 1 aromatic carbocycles. The third kappa shape index (κ3) is 5.03. The summed E-state index contributed by atoms with van der Waals surface area (Å²) in [5.41, 5.74) is 6.40. The van der Waals surface area contributed by atoms with Gasteiger partial charge >= 0.3 is 11.9 Å². The van der Waals surface area contributed by atoms with E-state index in [4.69, 9.17) is 15.2 Å².